The number of nitrogens with zero attached hydrogens (tertiary/aromatic N) is 5. The molecule has 2 aromatic rings. The summed E-state index contributed by atoms with van der Waals surface area (Å²) < 4.78 is 2.07. The van der Waals surface area contributed by atoms with Crippen molar-refractivity contribution < 1.29 is 0 Å². The van der Waals surface area contributed by atoms with Gasteiger partial charge in [-0.05, 0) is 44.7 Å². The lowest BCUT2D eigenvalue weighted by atomic mass is 9.97. The van der Waals surface area contributed by atoms with Crippen molar-refractivity contribution in [2.75, 3.05) is 0 Å². The quantitative estimate of drug-likeness (QED) is 0.613. The third-order valence-corrected chi connectivity index (χ3v) is 5.75. The molecular formula is C23H23N5S. The van der Waals surface area contributed by atoms with Crippen LogP contribution >= 0.6 is 11.8 Å². The number of benzene rings is 1. The summed E-state index contributed by atoms with van der Waals surface area (Å²) in [5, 5.41) is 10.2. The summed E-state index contributed by atoms with van der Waals surface area (Å²) in [5.74, 6) is 0.718. The molecule has 0 radical (unpaired) electrons. The number of hydrogen-bond donors (Lipinski definition) is 0. The number of allylic oxidation sites excluding steroid dienone is 4. The molecule has 1 aromatic heterocycles. The van der Waals surface area contributed by atoms with Crippen LogP contribution in [0.5, 0.6) is 0 Å². The van der Waals surface area contributed by atoms with Gasteiger partial charge in [-0.1, -0.05) is 47.7 Å². The Hall–Kier alpha value is -3.17. The molecular weight excluding hydrogens is 378 g/mol. The Balaban J connectivity index is 2.05. The fourth-order valence-corrected chi connectivity index (χ4v) is 3.95. The number of rotatable bonds is 6. The summed E-state index contributed by atoms with van der Waals surface area (Å²) in [6, 6.07) is 10.7. The Morgan fingerprint density at radius 3 is 2.72 bits per heavy atom. The number of aryl methyl sites for hydroxylation is 1. The Labute approximate surface area is 175 Å². The van der Waals surface area contributed by atoms with E-state index >= 15 is 0 Å². The molecule has 0 fully saturated rings. The number of imidazole rings is 1. The molecule has 0 saturated carbocycles. The molecule has 0 aliphatic heterocycles. The summed E-state index contributed by atoms with van der Waals surface area (Å²) in [7, 11) is 2.00. The highest BCUT2D eigenvalue weighted by molar-refractivity contribution is 7.99. The Morgan fingerprint density at radius 1 is 1.34 bits per heavy atom. The summed E-state index contributed by atoms with van der Waals surface area (Å²) >= 11 is 1.68. The van der Waals surface area contributed by atoms with E-state index in [0.29, 0.717) is 6.42 Å². The highest BCUT2D eigenvalue weighted by Gasteiger charge is 2.21. The maximum atomic E-state index is 9.15. The van der Waals surface area contributed by atoms with Gasteiger partial charge in [-0.25, -0.2) is 4.98 Å². The molecule has 0 spiro atoms. The molecule has 0 N–H and O–H groups in total. The van der Waals surface area contributed by atoms with Crippen LogP contribution < -0.4 is 0 Å². The second-order valence-electron chi connectivity index (χ2n) is 6.75. The summed E-state index contributed by atoms with van der Waals surface area (Å²) in [4.78, 5) is 14.2. The van der Waals surface area contributed by atoms with E-state index in [9.17, 15) is 0 Å². The minimum atomic E-state index is -0.0741. The second kappa shape index (κ2) is 9.35. The molecule has 1 atom stereocenters. The molecule has 1 unspecified atom stereocenters. The van der Waals surface area contributed by atoms with E-state index in [2.05, 4.69) is 64.6 Å². The number of hydrogen-bond acceptors (Lipinski definition) is 5. The number of aliphatic imine (C=N–C) groups is 2. The van der Waals surface area contributed by atoms with E-state index in [4.69, 9.17) is 10.2 Å². The van der Waals surface area contributed by atoms with Gasteiger partial charge >= 0.3 is 0 Å². The monoisotopic (exact) mass is 401 g/mol. The molecule has 0 amide bonds. The van der Waals surface area contributed by atoms with Crippen LogP contribution in [0.1, 0.15) is 30.4 Å². The van der Waals surface area contributed by atoms with Crippen molar-refractivity contribution in [2.24, 2.45) is 23.0 Å². The molecule has 1 aliphatic carbocycles. The maximum Gasteiger partial charge on any atom is 0.155 e. The molecule has 5 nitrogen and oxygen atoms in total. The first-order chi connectivity index (χ1) is 14.0. The molecule has 1 aromatic carbocycles. The van der Waals surface area contributed by atoms with E-state index in [-0.39, 0.29) is 5.92 Å². The van der Waals surface area contributed by atoms with E-state index in [1.807, 2.05) is 26.1 Å². The number of nitriles is 1. The van der Waals surface area contributed by atoms with Crippen LogP contribution in [0, 0.1) is 24.2 Å². The maximum absolute atomic E-state index is 9.15. The molecule has 3 rings (SSSR count). The van der Waals surface area contributed by atoms with Crippen molar-refractivity contribution in [3.63, 3.8) is 0 Å². The lowest BCUT2D eigenvalue weighted by Crippen LogP contribution is -2.05. The van der Waals surface area contributed by atoms with Crippen molar-refractivity contribution in [3.05, 3.63) is 72.0 Å². The van der Waals surface area contributed by atoms with Gasteiger partial charge in [-0.3, -0.25) is 9.98 Å². The minimum Gasteiger partial charge on any atom is -0.321 e. The zero-order valence-corrected chi connectivity index (χ0v) is 17.6. The predicted octanol–water partition coefficient (Wildman–Crippen LogP) is 5.34. The van der Waals surface area contributed by atoms with Crippen molar-refractivity contribution in [1.29, 1.82) is 5.26 Å². The fourth-order valence-electron chi connectivity index (χ4n) is 2.97. The van der Waals surface area contributed by atoms with Crippen LogP contribution in [0.15, 0.2) is 74.8 Å². The topological polar surface area (TPSA) is 66.3 Å². The lowest BCUT2D eigenvalue weighted by Gasteiger charge is -2.11. The van der Waals surface area contributed by atoms with Crippen molar-refractivity contribution in [3.8, 4) is 6.07 Å². The van der Waals surface area contributed by atoms with Crippen LogP contribution in [0.4, 0.5) is 0 Å². The van der Waals surface area contributed by atoms with Gasteiger partial charge in [0.1, 0.15) is 10.7 Å². The second-order valence-corrected chi connectivity index (χ2v) is 7.81. The zero-order valence-electron chi connectivity index (χ0n) is 16.8. The van der Waals surface area contributed by atoms with Crippen LogP contribution in [0.2, 0.25) is 0 Å². The van der Waals surface area contributed by atoms with E-state index < -0.39 is 0 Å². The van der Waals surface area contributed by atoms with Gasteiger partial charge < -0.3 is 4.57 Å². The van der Waals surface area contributed by atoms with Crippen LogP contribution in [0.3, 0.4) is 0 Å². The third kappa shape index (κ3) is 4.82. The van der Waals surface area contributed by atoms with E-state index in [0.717, 1.165) is 32.7 Å². The van der Waals surface area contributed by atoms with Gasteiger partial charge in [0.15, 0.2) is 5.82 Å². The van der Waals surface area contributed by atoms with Crippen molar-refractivity contribution in [2.45, 2.75) is 30.2 Å². The zero-order chi connectivity index (χ0) is 20.8. The molecule has 29 heavy (non-hydrogen) atoms. The lowest BCUT2D eigenvalue weighted by molar-refractivity contribution is 0.809. The highest BCUT2D eigenvalue weighted by atomic mass is 32.2. The first-order valence-electron chi connectivity index (χ1n) is 9.28. The fraction of sp³-hybridized carbons (Fsp3) is 0.217. The summed E-state index contributed by atoms with van der Waals surface area (Å²) in [5.41, 5.74) is 3.95. The third-order valence-electron chi connectivity index (χ3n) is 4.58. The van der Waals surface area contributed by atoms with Gasteiger partial charge in [0.05, 0.1) is 17.7 Å². The first kappa shape index (κ1) is 20.6. The van der Waals surface area contributed by atoms with Gasteiger partial charge in [-0.15, -0.1) is 0 Å². The average molecular weight is 402 g/mol. The minimum absolute atomic E-state index is 0.0741. The smallest absolute Gasteiger partial charge is 0.155 e. The normalized spacial score (nSPS) is 16.7. The molecule has 0 saturated heterocycles. The van der Waals surface area contributed by atoms with E-state index in [1.54, 1.807) is 24.2 Å². The van der Waals surface area contributed by atoms with Crippen LogP contribution in [0.25, 0.3) is 5.57 Å². The van der Waals surface area contributed by atoms with Gasteiger partial charge in [0.25, 0.3) is 0 Å². The Morgan fingerprint density at radius 2 is 2.10 bits per heavy atom. The number of aromatic nitrogens is 2. The Bertz CT molecular complexity index is 1060. The van der Waals surface area contributed by atoms with Crippen molar-refractivity contribution in [1.82, 2.24) is 9.55 Å². The van der Waals surface area contributed by atoms with E-state index in [1.165, 1.54) is 5.56 Å². The largest absolute Gasteiger partial charge is 0.321 e. The van der Waals surface area contributed by atoms with Gasteiger partial charge in [-0.2, -0.15) is 5.26 Å². The molecule has 6 heteroatoms. The summed E-state index contributed by atoms with van der Waals surface area (Å²) in [6.07, 6.45) is 9.89. The highest BCUT2D eigenvalue weighted by Crippen LogP contribution is 2.36. The standard InChI is InChI=1S/C23H23N5S/c1-16-5-11-20(12-6-16)29-23-21(19-9-7-18(15-24)8-10-19)27-22(28(23)4)17(2)26-14-13-25-3/h5-7,9-14,18H,3,8H2,1-2,4H3/b14-13-,26-17?. The molecule has 1 aliphatic rings. The van der Waals surface area contributed by atoms with Crippen LogP contribution in [-0.4, -0.2) is 22.0 Å². The van der Waals surface area contributed by atoms with Gasteiger partial charge in [0, 0.05) is 24.3 Å². The molecule has 1 heterocycles. The van der Waals surface area contributed by atoms with Gasteiger partial charge in [0.2, 0.25) is 0 Å². The SMILES string of the molecule is C=N/C=C\N=C(C)c1nc(C2=CCC(C#N)C=C2)c(Sc2ccc(C)cc2)n1C. The molecule has 146 valence electrons. The molecule has 0 bridgehead atoms. The first-order valence-corrected chi connectivity index (χ1v) is 10.1. The predicted molar refractivity (Wildman–Crippen MR) is 120 cm³/mol. The summed E-state index contributed by atoms with van der Waals surface area (Å²) in [6.45, 7) is 7.43. The Kier molecular flexibility index (Phi) is 6.63. The average Bonchev–Trinajstić information content (AvgIpc) is 3.06. The van der Waals surface area contributed by atoms with Crippen LogP contribution in [-0.2, 0) is 7.05 Å². The van der Waals surface area contributed by atoms with Crippen molar-refractivity contribution >= 4 is 29.8 Å².